The number of piperidine rings is 1. The molecule has 0 aliphatic carbocycles. The SMILES string of the molecule is CCCCN(CCO)C1CCN(Cc2cc3nc(-c4cnc(N)nc4)nc(N4CCOCC4)c3s2)CC1. The molecule has 10 nitrogen and oxygen atoms in total. The van der Waals surface area contributed by atoms with Gasteiger partial charge in [0.05, 0.1) is 35.6 Å². The van der Waals surface area contributed by atoms with Gasteiger partial charge in [0, 0.05) is 62.6 Å². The van der Waals surface area contributed by atoms with Crippen LogP contribution in [0.5, 0.6) is 0 Å². The van der Waals surface area contributed by atoms with Crippen LogP contribution >= 0.6 is 11.3 Å². The highest BCUT2D eigenvalue weighted by Gasteiger charge is 2.25. The summed E-state index contributed by atoms with van der Waals surface area (Å²) in [5.74, 6) is 1.82. The minimum Gasteiger partial charge on any atom is -0.395 e. The van der Waals surface area contributed by atoms with Gasteiger partial charge >= 0.3 is 0 Å². The third-order valence-electron chi connectivity index (χ3n) is 7.28. The first-order valence-electron chi connectivity index (χ1n) is 13.4. The van der Waals surface area contributed by atoms with Crippen molar-refractivity contribution in [3.8, 4) is 11.4 Å². The van der Waals surface area contributed by atoms with Crippen molar-refractivity contribution in [2.45, 2.75) is 45.2 Å². The van der Waals surface area contributed by atoms with Gasteiger partial charge in [-0.25, -0.2) is 19.9 Å². The number of rotatable bonds is 10. The molecule has 3 aromatic heterocycles. The molecule has 0 atom stereocenters. The number of unbranched alkanes of at least 4 members (excludes halogenated alkanes) is 1. The van der Waals surface area contributed by atoms with Gasteiger partial charge in [-0.15, -0.1) is 11.3 Å². The molecule has 3 N–H and O–H groups in total. The van der Waals surface area contributed by atoms with E-state index in [4.69, 9.17) is 20.4 Å². The zero-order chi connectivity index (χ0) is 25.6. The molecule has 0 amide bonds. The predicted molar refractivity (Wildman–Crippen MR) is 148 cm³/mol. The monoisotopic (exact) mass is 526 g/mol. The number of aromatic nitrogens is 4. The first-order valence-corrected chi connectivity index (χ1v) is 14.2. The Hall–Kier alpha value is -2.44. The number of morpholine rings is 1. The molecule has 0 bridgehead atoms. The zero-order valence-corrected chi connectivity index (χ0v) is 22.5. The van der Waals surface area contributed by atoms with E-state index >= 15 is 0 Å². The van der Waals surface area contributed by atoms with Crippen LogP contribution in [0, 0.1) is 0 Å². The van der Waals surface area contributed by atoms with E-state index in [0.29, 0.717) is 25.1 Å². The predicted octanol–water partition coefficient (Wildman–Crippen LogP) is 2.63. The number of hydrogen-bond donors (Lipinski definition) is 2. The summed E-state index contributed by atoms with van der Waals surface area (Å²) in [7, 11) is 0. The molecule has 0 aromatic carbocycles. The Morgan fingerprint density at radius 2 is 1.86 bits per heavy atom. The zero-order valence-electron chi connectivity index (χ0n) is 21.7. The lowest BCUT2D eigenvalue weighted by Gasteiger charge is -2.38. The molecule has 0 spiro atoms. The summed E-state index contributed by atoms with van der Waals surface area (Å²) < 4.78 is 6.72. The Kier molecular flexibility index (Phi) is 8.78. The van der Waals surface area contributed by atoms with Crippen molar-refractivity contribution < 1.29 is 9.84 Å². The summed E-state index contributed by atoms with van der Waals surface area (Å²) in [6, 6.07) is 2.79. The van der Waals surface area contributed by atoms with Gasteiger partial charge in [-0.3, -0.25) is 9.80 Å². The summed E-state index contributed by atoms with van der Waals surface area (Å²) >= 11 is 1.80. The van der Waals surface area contributed by atoms with Crippen molar-refractivity contribution in [3.05, 3.63) is 23.3 Å². The number of thiophene rings is 1. The van der Waals surface area contributed by atoms with Gasteiger partial charge in [0.1, 0.15) is 0 Å². The molecule has 0 saturated carbocycles. The molecule has 2 aliphatic rings. The Balaban J connectivity index is 1.34. The Bertz CT molecular complexity index is 1140. The topological polar surface area (TPSA) is 117 Å². The van der Waals surface area contributed by atoms with Crippen LogP contribution in [-0.4, -0.2) is 100.0 Å². The number of nitrogens with two attached hydrogens (primary N) is 1. The molecule has 3 aromatic rings. The molecule has 5 rings (SSSR count). The van der Waals surface area contributed by atoms with E-state index in [1.165, 1.54) is 17.7 Å². The summed E-state index contributed by atoms with van der Waals surface area (Å²) in [5, 5.41) is 9.52. The highest BCUT2D eigenvalue weighted by Crippen LogP contribution is 2.35. The van der Waals surface area contributed by atoms with Crippen molar-refractivity contribution in [1.29, 1.82) is 0 Å². The van der Waals surface area contributed by atoms with Crippen LogP contribution in [0.3, 0.4) is 0 Å². The molecular weight excluding hydrogens is 488 g/mol. The summed E-state index contributed by atoms with van der Waals surface area (Å²) in [6.45, 7) is 10.4. The highest BCUT2D eigenvalue weighted by molar-refractivity contribution is 7.19. The standard InChI is InChI=1S/C26H38N8O2S/c1-2-3-6-33(9-12-35)20-4-7-32(8-5-20)18-21-15-22-23(37-21)25(34-10-13-36-14-11-34)31-24(30-22)19-16-28-26(27)29-17-19/h15-17,20,35H,2-14,18H2,1H3,(H2,27,28,29). The number of ether oxygens (including phenoxy) is 1. The molecule has 2 aliphatic heterocycles. The van der Waals surface area contributed by atoms with E-state index in [1.54, 1.807) is 23.7 Å². The number of likely N-dealkylation sites (tertiary alicyclic amines) is 1. The second-order valence-corrected chi connectivity index (χ2v) is 11.0. The molecule has 5 heterocycles. The second kappa shape index (κ2) is 12.4. The molecule has 2 saturated heterocycles. The molecule has 0 radical (unpaired) electrons. The number of nitrogen functional groups attached to an aromatic ring is 1. The minimum atomic E-state index is 0.239. The Labute approximate surface area is 222 Å². The second-order valence-electron chi connectivity index (χ2n) is 9.85. The van der Waals surface area contributed by atoms with E-state index in [2.05, 4.69) is 37.7 Å². The maximum atomic E-state index is 9.52. The van der Waals surface area contributed by atoms with Crippen LogP contribution < -0.4 is 10.6 Å². The van der Waals surface area contributed by atoms with Crippen molar-refractivity contribution in [1.82, 2.24) is 29.7 Å². The van der Waals surface area contributed by atoms with E-state index in [9.17, 15) is 5.11 Å². The van der Waals surface area contributed by atoms with Crippen molar-refractivity contribution in [3.63, 3.8) is 0 Å². The fraction of sp³-hybridized carbons (Fsp3) is 0.615. The lowest BCUT2D eigenvalue weighted by molar-refractivity contribution is 0.0875. The maximum Gasteiger partial charge on any atom is 0.219 e. The Morgan fingerprint density at radius 1 is 1.11 bits per heavy atom. The molecule has 11 heteroatoms. The van der Waals surface area contributed by atoms with Crippen LogP contribution in [0.4, 0.5) is 11.8 Å². The van der Waals surface area contributed by atoms with Crippen LogP contribution in [-0.2, 0) is 11.3 Å². The van der Waals surface area contributed by atoms with Gasteiger partial charge in [0.25, 0.3) is 0 Å². The molecule has 37 heavy (non-hydrogen) atoms. The van der Waals surface area contributed by atoms with Crippen molar-refractivity contribution in [2.75, 3.05) is 69.7 Å². The largest absolute Gasteiger partial charge is 0.395 e. The van der Waals surface area contributed by atoms with Gasteiger partial charge in [0.15, 0.2) is 11.6 Å². The average Bonchev–Trinajstić information content (AvgIpc) is 3.34. The molecule has 0 unspecified atom stereocenters. The van der Waals surface area contributed by atoms with E-state index < -0.39 is 0 Å². The summed E-state index contributed by atoms with van der Waals surface area (Å²) in [4.78, 5) is 26.8. The maximum absolute atomic E-state index is 9.52. The van der Waals surface area contributed by atoms with Crippen LogP contribution in [0.25, 0.3) is 21.6 Å². The average molecular weight is 527 g/mol. The van der Waals surface area contributed by atoms with Crippen molar-refractivity contribution in [2.24, 2.45) is 0 Å². The van der Waals surface area contributed by atoms with Gasteiger partial charge in [-0.05, 0) is 31.9 Å². The highest BCUT2D eigenvalue weighted by atomic mass is 32.1. The summed E-state index contributed by atoms with van der Waals surface area (Å²) in [6.07, 6.45) is 8.05. The third-order valence-corrected chi connectivity index (χ3v) is 8.39. The normalized spacial score (nSPS) is 17.8. The van der Waals surface area contributed by atoms with Gasteiger partial charge in [-0.1, -0.05) is 13.3 Å². The number of aliphatic hydroxyl groups is 1. The third kappa shape index (κ3) is 6.35. The molecule has 2 fully saturated rings. The van der Waals surface area contributed by atoms with E-state index in [1.807, 2.05) is 0 Å². The van der Waals surface area contributed by atoms with Gasteiger partial charge < -0.3 is 20.5 Å². The first kappa shape index (κ1) is 26.2. The fourth-order valence-electron chi connectivity index (χ4n) is 5.24. The lowest BCUT2D eigenvalue weighted by atomic mass is 10.0. The van der Waals surface area contributed by atoms with E-state index in [0.717, 1.165) is 80.3 Å². The number of anilines is 2. The quantitative estimate of drug-likeness (QED) is 0.408. The number of aliphatic hydroxyl groups excluding tert-OH is 1. The van der Waals surface area contributed by atoms with Crippen molar-refractivity contribution >= 4 is 33.3 Å². The van der Waals surface area contributed by atoms with Crippen LogP contribution in [0.15, 0.2) is 18.5 Å². The van der Waals surface area contributed by atoms with E-state index in [-0.39, 0.29) is 12.6 Å². The van der Waals surface area contributed by atoms with Crippen LogP contribution in [0.1, 0.15) is 37.5 Å². The smallest absolute Gasteiger partial charge is 0.219 e. The number of fused-ring (bicyclic) bond motifs is 1. The Morgan fingerprint density at radius 3 is 2.57 bits per heavy atom. The van der Waals surface area contributed by atoms with Gasteiger partial charge in [0.2, 0.25) is 5.95 Å². The minimum absolute atomic E-state index is 0.239. The summed E-state index contributed by atoms with van der Waals surface area (Å²) in [5.41, 5.74) is 7.42. The molecule has 200 valence electrons. The number of hydrogen-bond acceptors (Lipinski definition) is 11. The fourth-order valence-corrected chi connectivity index (χ4v) is 6.40. The molecular formula is C26H38N8O2S. The first-order chi connectivity index (χ1) is 18.1. The lowest BCUT2D eigenvalue weighted by Crippen LogP contribution is -2.45. The van der Waals surface area contributed by atoms with Crippen LogP contribution in [0.2, 0.25) is 0 Å². The van der Waals surface area contributed by atoms with Gasteiger partial charge in [-0.2, -0.15) is 0 Å². The number of nitrogens with zero attached hydrogens (tertiary/aromatic N) is 7.